The molecule has 0 fully saturated rings. The molecule has 1 heterocycles. The fourth-order valence-electron chi connectivity index (χ4n) is 2.12. The largest absolute Gasteiger partial charge is 1.00 e. The minimum absolute atomic E-state index is 0. The minimum Gasteiger partial charge on any atom is -1.00 e. The van der Waals surface area contributed by atoms with Gasteiger partial charge >= 0.3 is 0 Å². The van der Waals surface area contributed by atoms with E-state index in [-0.39, 0.29) is 12.4 Å². The molecule has 3 rings (SSSR count). The molecule has 0 aliphatic carbocycles. The molecule has 108 valence electrons. The molecule has 0 saturated heterocycles. The van der Waals surface area contributed by atoms with Gasteiger partial charge < -0.3 is 17.1 Å². The summed E-state index contributed by atoms with van der Waals surface area (Å²) in [5, 5.41) is 2.51. The van der Waals surface area contributed by atoms with Gasteiger partial charge in [0.05, 0.1) is 0 Å². The Balaban J connectivity index is 0.00000161. The van der Waals surface area contributed by atoms with Crippen molar-refractivity contribution >= 4 is 26.7 Å². The van der Waals surface area contributed by atoms with Crippen LogP contribution >= 0.6 is 15.9 Å². The van der Waals surface area contributed by atoms with Gasteiger partial charge in [0.25, 0.3) is 0 Å². The van der Waals surface area contributed by atoms with E-state index in [0.29, 0.717) is 6.61 Å². The molecule has 4 heteroatoms. The lowest BCUT2D eigenvalue weighted by atomic mass is 10.2. The summed E-state index contributed by atoms with van der Waals surface area (Å²) in [6.07, 6.45) is 4.24. The zero-order valence-electron chi connectivity index (χ0n) is 11.4. The molecule has 0 spiro atoms. The molecule has 1 aromatic heterocycles. The van der Waals surface area contributed by atoms with Crippen LogP contribution in [-0.4, -0.2) is 6.61 Å². The molecule has 2 nitrogen and oxygen atoms in total. The van der Waals surface area contributed by atoms with Crippen LogP contribution < -0.4 is 21.7 Å². The van der Waals surface area contributed by atoms with E-state index in [9.17, 15) is 0 Å². The fourth-order valence-corrected chi connectivity index (χ4v) is 2.38. The van der Waals surface area contributed by atoms with Crippen molar-refractivity contribution in [1.29, 1.82) is 0 Å². The number of hydrogen-bond acceptors (Lipinski definition) is 1. The molecule has 0 aliphatic rings. The average Bonchev–Trinajstić information content (AvgIpc) is 2.49. The van der Waals surface area contributed by atoms with Crippen LogP contribution in [0.1, 0.15) is 0 Å². The van der Waals surface area contributed by atoms with Crippen LogP contribution in [0, 0.1) is 0 Å². The molecule has 0 saturated carbocycles. The summed E-state index contributed by atoms with van der Waals surface area (Å²) in [4.78, 5) is 0. The second-order valence-corrected chi connectivity index (χ2v) is 5.53. The summed E-state index contributed by atoms with van der Waals surface area (Å²) in [5.74, 6) is 0.898. The third-order valence-electron chi connectivity index (χ3n) is 3.18. The van der Waals surface area contributed by atoms with E-state index in [1.807, 2.05) is 24.3 Å². The quantitative estimate of drug-likeness (QED) is 0.629. The summed E-state index contributed by atoms with van der Waals surface area (Å²) in [6, 6.07) is 18.4. The van der Waals surface area contributed by atoms with Crippen molar-refractivity contribution in [1.82, 2.24) is 0 Å². The van der Waals surface area contributed by atoms with Gasteiger partial charge in [-0.1, -0.05) is 34.1 Å². The maximum atomic E-state index is 5.74. The first-order valence-corrected chi connectivity index (χ1v) is 7.37. The lowest BCUT2D eigenvalue weighted by Gasteiger charge is -2.04. The van der Waals surface area contributed by atoms with Crippen LogP contribution in [0.15, 0.2) is 71.5 Å². The Bertz CT molecular complexity index is 715. The highest BCUT2D eigenvalue weighted by atomic mass is 79.9. The molecule has 0 N–H and O–H groups in total. The van der Waals surface area contributed by atoms with Crippen molar-refractivity contribution in [2.45, 2.75) is 6.54 Å². The Morgan fingerprint density at radius 3 is 2.38 bits per heavy atom. The van der Waals surface area contributed by atoms with Gasteiger partial charge in [-0.25, -0.2) is 4.57 Å². The molecule has 0 bridgehead atoms. The number of rotatable bonds is 4. The van der Waals surface area contributed by atoms with Crippen LogP contribution in [0.2, 0.25) is 0 Å². The number of fused-ring (bicyclic) bond motifs is 1. The van der Waals surface area contributed by atoms with Gasteiger partial charge in [-0.15, -0.1) is 0 Å². The Morgan fingerprint density at radius 2 is 1.62 bits per heavy atom. The third-order valence-corrected chi connectivity index (χ3v) is 3.71. The Labute approximate surface area is 138 Å². The maximum Gasteiger partial charge on any atom is 0.182 e. The van der Waals surface area contributed by atoms with Gasteiger partial charge in [-0.05, 0) is 35.7 Å². The van der Waals surface area contributed by atoms with Crippen molar-refractivity contribution in [3.63, 3.8) is 0 Å². The molecule has 0 aliphatic heterocycles. The van der Waals surface area contributed by atoms with Gasteiger partial charge in [0.1, 0.15) is 12.4 Å². The first-order chi connectivity index (χ1) is 9.81. The van der Waals surface area contributed by atoms with Crippen LogP contribution in [0.3, 0.4) is 0 Å². The summed E-state index contributed by atoms with van der Waals surface area (Å²) >= 11 is 3.41. The highest BCUT2D eigenvalue weighted by Gasteiger charge is 2.03. The Kier molecular flexibility index (Phi) is 5.59. The van der Waals surface area contributed by atoms with Crippen LogP contribution in [0.25, 0.3) is 10.8 Å². The zero-order valence-corrected chi connectivity index (χ0v) is 13.7. The van der Waals surface area contributed by atoms with Crippen LogP contribution in [0.5, 0.6) is 5.75 Å². The minimum atomic E-state index is 0. The predicted molar refractivity (Wildman–Crippen MR) is 83.8 cm³/mol. The first-order valence-electron chi connectivity index (χ1n) is 6.57. The smallest absolute Gasteiger partial charge is 0.182 e. The number of benzene rings is 2. The lowest BCUT2D eigenvalue weighted by Crippen LogP contribution is -3.00. The van der Waals surface area contributed by atoms with Crippen molar-refractivity contribution in [3.8, 4) is 5.75 Å². The molecule has 0 atom stereocenters. The highest BCUT2D eigenvalue weighted by Crippen LogP contribution is 2.16. The van der Waals surface area contributed by atoms with Crippen LogP contribution in [0.4, 0.5) is 0 Å². The molecule has 0 unspecified atom stereocenters. The summed E-state index contributed by atoms with van der Waals surface area (Å²) in [7, 11) is 0. The maximum absolute atomic E-state index is 5.74. The monoisotopic (exact) mass is 363 g/mol. The van der Waals surface area contributed by atoms with Gasteiger partial charge in [-0.2, -0.15) is 0 Å². The zero-order chi connectivity index (χ0) is 13.8. The van der Waals surface area contributed by atoms with Crippen molar-refractivity contribution in [2.24, 2.45) is 0 Å². The van der Waals surface area contributed by atoms with Crippen molar-refractivity contribution < 1.29 is 21.7 Å². The Morgan fingerprint density at radius 1 is 0.905 bits per heavy atom. The summed E-state index contributed by atoms with van der Waals surface area (Å²) < 4.78 is 8.95. The topological polar surface area (TPSA) is 13.1 Å². The van der Waals surface area contributed by atoms with Gasteiger partial charge in [0, 0.05) is 15.9 Å². The van der Waals surface area contributed by atoms with E-state index >= 15 is 0 Å². The standard InChI is InChI=1S/C17H15BrNO.ClH/c18-16-5-7-17(8-6-16)20-12-11-19-10-9-14-3-1-2-4-15(14)13-19;/h1-10,13H,11-12H2;1H/q+1;/p-1. The van der Waals surface area contributed by atoms with E-state index < -0.39 is 0 Å². The lowest BCUT2D eigenvalue weighted by molar-refractivity contribution is -0.696. The van der Waals surface area contributed by atoms with E-state index in [1.54, 1.807) is 0 Å². The molecule has 2 aromatic carbocycles. The molecule has 21 heavy (non-hydrogen) atoms. The summed E-state index contributed by atoms with van der Waals surface area (Å²) in [5.41, 5.74) is 0. The molecule has 0 radical (unpaired) electrons. The fraction of sp³-hybridized carbons (Fsp3) is 0.118. The molecule has 3 aromatic rings. The number of ether oxygens (including phenoxy) is 1. The highest BCUT2D eigenvalue weighted by molar-refractivity contribution is 9.10. The van der Waals surface area contributed by atoms with E-state index in [0.717, 1.165) is 16.8 Å². The van der Waals surface area contributed by atoms with E-state index in [1.165, 1.54) is 10.8 Å². The Hall–Kier alpha value is -1.58. The van der Waals surface area contributed by atoms with Crippen molar-refractivity contribution in [3.05, 3.63) is 71.5 Å². The second-order valence-electron chi connectivity index (χ2n) is 4.61. The number of nitrogens with zero attached hydrogens (tertiary/aromatic N) is 1. The third kappa shape index (κ3) is 4.19. The number of pyridine rings is 1. The number of halogens is 2. The normalized spacial score (nSPS) is 10.1. The molecule has 0 amide bonds. The van der Waals surface area contributed by atoms with Gasteiger partial charge in [-0.3, -0.25) is 0 Å². The van der Waals surface area contributed by atoms with Gasteiger partial charge in [0.2, 0.25) is 0 Å². The number of hydrogen-bond donors (Lipinski definition) is 0. The van der Waals surface area contributed by atoms with Crippen LogP contribution in [-0.2, 0) is 6.54 Å². The number of aromatic nitrogens is 1. The average molecular weight is 365 g/mol. The van der Waals surface area contributed by atoms with E-state index in [4.69, 9.17) is 4.74 Å². The predicted octanol–water partition coefficient (Wildman–Crippen LogP) is 0.973. The molecular formula is C17H15BrClNO. The van der Waals surface area contributed by atoms with E-state index in [2.05, 4.69) is 63.2 Å². The molecular weight excluding hydrogens is 350 g/mol. The SMILES string of the molecule is Brc1ccc(OCC[n+]2ccc3ccccc3c2)cc1.[Cl-]. The van der Waals surface area contributed by atoms with Crippen molar-refractivity contribution in [2.75, 3.05) is 6.61 Å². The first kappa shape index (κ1) is 15.8. The van der Waals surface area contributed by atoms with Gasteiger partial charge in [0.15, 0.2) is 18.9 Å². The summed E-state index contributed by atoms with van der Waals surface area (Å²) in [6.45, 7) is 1.49. The second kappa shape index (κ2) is 7.43.